The monoisotopic (exact) mass is 689 g/mol. The molecule has 252 valence electrons. The molecule has 0 spiro atoms. The normalized spacial score (nSPS) is 13.0. The van der Waals surface area contributed by atoms with Gasteiger partial charge in [0.25, 0.3) is 0 Å². The van der Waals surface area contributed by atoms with E-state index in [0.717, 1.165) is 66.3 Å². The summed E-state index contributed by atoms with van der Waals surface area (Å²) in [4.78, 5) is 15.8. The third-order valence-corrected chi connectivity index (χ3v) is 11.0. The molecule has 10 aromatic rings. The van der Waals surface area contributed by atoms with Gasteiger partial charge in [-0.2, -0.15) is 0 Å². The Kier molecular flexibility index (Phi) is 6.73. The molecule has 0 N–H and O–H groups in total. The zero-order chi connectivity index (χ0) is 35.6. The van der Waals surface area contributed by atoms with E-state index in [1.165, 1.54) is 22.3 Å². The molecular formula is C50H31N3O. The third kappa shape index (κ3) is 4.53. The Morgan fingerprint density at radius 3 is 1.76 bits per heavy atom. The number of nitrogens with zero attached hydrogens (tertiary/aromatic N) is 3. The van der Waals surface area contributed by atoms with Gasteiger partial charge in [0.1, 0.15) is 5.52 Å². The van der Waals surface area contributed by atoms with Crippen molar-refractivity contribution in [3.8, 4) is 45.2 Å². The van der Waals surface area contributed by atoms with E-state index in [-0.39, 0.29) is 0 Å². The molecule has 0 saturated heterocycles. The van der Waals surface area contributed by atoms with Crippen molar-refractivity contribution in [2.45, 2.75) is 5.41 Å². The highest BCUT2D eigenvalue weighted by Gasteiger charge is 2.47. The molecule has 0 fully saturated rings. The van der Waals surface area contributed by atoms with Crippen LogP contribution in [0, 0.1) is 0 Å². The molecule has 1 aliphatic carbocycles. The SMILES string of the molecule is c1ccc(-c2cc(C3(c4ccccc4)c4ccccc4-c4ccccc43)nc(-c3ccc4ccc5ccc6nc(-c7ccccc7)oc6c5c4c3)n2)cc1. The van der Waals surface area contributed by atoms with Crippen molar-refractivity contribution in [1.82, 2.24) is 15.0 Å². The summed E-state index contributed by atoms with van der Waals surface area (Å²) in [5.41, 5.74) is 11.7. The van der Waals surface area contributed by atoms with Gasteiger partial charge in [-0.25, -0.2) is 15.0 Å². The van der Waals surface area contributed by atoms with Gasteiger partial charge in [0.05, 0.1) is 16.8 Å². The van der Waals surface area contributed by atoms with E-state index in [9.17, 15) is 0 Å². The maximum absolute atomic E-state index is 6.57. The van der Waals surface area contributed by atoms with Crippen LogP contribution in [0.25, 0.3) is 77.9 Å². The molecule has 1 aliphatic rings. The maximum atomic E-state index is 6.57. The second-order valence-electron chi connectivity index (χ2n) is 13.9. The zero-order valence-corrected chi connectivity index (χ0v) is 29.1. The van der Waals surface area contributed by atoms with Crippen molar-refractivity contribution in [1.29, 1.82) is 0 Å². The number of fused-ring (bicyclic) bond motifs is 8. The quantitative estimate of drug-likeness (QED) is 0.169. The standard InChI is InChI=1S/C50H31N3O/c1-4-14-33(15-5-1)44-31-45(50(37-18-8-3-9-19-37)41-22-12-10-20-38(41)39-21-11-13-23-42(39)50)53-48(51-44)36-27-25-32-24-26-34-28-29-43-47(46(34)40(32)30-36)54-49(52-43)35-16-6-2-7-17-35/h1-31H. The van der Waals surface area contributed by atoms with E-state index >= 15 is 0 Å². The van der Waals surface area contributed by atoms with E-state index in [4.69, 9.17) is 19.4 Å². The number of rotatable bonds is 5. The van der Waals surface area contributed by atoms with Crippen molar-refractivity contribution in [2.24, 2.45) is 0 Å². The zero-order valence-electron chi connectivity index (χ0n) is 29.1. The van der Waals surface area contributed by atoms with Gasteiger partial charge in [-0.15, -0.1) is 0 Å². The Balaban J connectivity index is 1.20. The van der Waals surface area contributed by atoms with Crippen LogP contribution in [-0.4, -0.2) is 15.0 Å². The van der Waals surface area contributed by atoms with Gasteiger partial charge in [-0.3, -0.25) is 0 Å². The van der Waals surface area contributed by atoms with Crippen LogP contribution in [0.2, 0.25) is 0 Å². The van der Waals surface area contributed by atoms with E-state index in [2.05, 4.69) is 146 Å². The summed E-state index contributed by atoms with van der Waals surface area (Å²) in [5.74, 6) is 1.27. The summed E-state index contributed by atoms with van der Waals surface area (Å²) in [6.45, 7) is 0. The van der Waals surface area contributed by atoms with Gasteiger partial charge in [-0.05, 0) is 74.3 Å². The largest absolute Gasteiger partial charge is 0.435 e. The lowest BCUT2D eigenvalue weighted by Gasteiger charge is -2.33. The van der Waals surface area contributed by atoms with Crippen LogP contribution in [0.15, 0.2) is 192 Å². The summed E-state index contributed by atoms with van der Waals surface area (Å²) in [6.07, 6.45) is 0. The highest BCUT2D eigenvalue weighted by molar-refractivity contribution is 6.18. The van der Waals surface area contributed by atoms with Gasteiger partial charge < -0.3 is 4.42 Å². The first kappa shape index (κ1) is 30.5. The van der Waals surface area contributed by atoms with Gasteiger partial charge >= 0.3 is 0 Å². The highest BCUT2D eigenvalue weighted by Crippen LogP contribution is 2.56. The van der Waals surface area contributed by atoms with Crippen LogP contribution in [0.3, 0.4) is 0 Å². The lowest BCUT2D eigenvalue weighted by Crippen LogP contribution is -2.30. The molecule has 0 unspecified atom stereocenters. The number of hydrogen-bond acceptors (Lipinski definition) is 4. The van der Waals surface area contributed by atoms with E-state index < -0.39 is 5.41 Å². The molecule has 0 radical (unpaired) electrons. The molecule has 4 heteroatoms. The van der Waals surface area contributed by atoms with Crippen LogP contribution in [0.1, 0.15) is 22.4 Å². The lowest BCUT2D eigenvalue weighted by molar-refractivity contribution is 0.623. The topological polar surface area (TPSA) is 51.8 Å². The summed E-state index contributed by atoms with van der Waals surface area (Å²) in [6, 6.07) is 66.1. The predicted octanol–water partition coefficient (Wildman–Crippen LogP) is 12.3. The fourth-order valence-electron chi connectivity index (χ4n) is 8.55. The number of hydrogen-bond donors (Lipinski definition) is 0. The average molecular weight is 690 g/mol. The minimum absolute atomic E-state index is 0.609. The number of aromatic nitrogens is 3. The second kappa shape index (κ2) is 11.9. The molecule has 4 nitrogen and oxygen atoms in total. The van der Waals surface area contributed by atoms with Crippen molar-refractivity contribution < 1.29 is 4.42 Å². The van der Waals surface area contributed by atoms with Crippen LogP contribution in [-0.2, 0) is 5.41 Å². The van der Waals surface area contributed by atoms with E-state index in [1.54, 1.807) is 0 Å². The number of benzene rings is 8. The molecule has 0 bridgehead atoms. The fraction of sp³-hybridized carbons (Fsp3) is 0.0200. The summed E-state index contributed by atoms with van der Waals surface area (Å²) >= 11 is 0. The van der Waals surface area contributed by atoms with Crippen LogP contribution >= 0.6 is 0 Å². The van der Waals surface area contributed by atoms with Crippen molar-refractivity contribution in [3.63, 3.8) is 0 Å². The van der Waals surface area contributed by atoms with Crippen molar-refractivity contribution >= 4 is 32.6 Å². The molecule has 0 saturated carbocycles. The molecule has 2 heterocycles. The molecule has 0 aliphatic heterocycles. The molecule has 0 amide bonds. The van der Waals surface area contributed by atoms with E-state index in [1.807, 2.05) is 42.5 Å². The summed E-state index contributed by atoms with van der Waals surface area (Å²) < 4.78 is 6.57. The van der Waals surface area contributed by atoms with Crippen molar-refractivity contribution in [2.75, 3.05) is 0 Å². The van der Waals surface area contributed by atoms with Crippen LogP contribution in [0.5, 0.6) is 0 Å². The first-order valence-corrected chi connectivity index (χ1v) is 18.3. The minimum Gasteiger partial charge on any atom is -0.435 e. The third-order valence-electron chi connectivity index (χ3n) is 11.0. The maximum Gasteiger partial charge on any atom is 0.227 e. The molecule has 0 atom stereocenters. The Morgan fingerprint density at radius 2 is 1.04 bits per heavy atom. The smallest absolute Gasteiger partial charge is 0.227 e. The molecule has 2 aromatic heterocycles. The van der Waals surface area contributed by atoms with Gasteiger partial charge in [0, 0.05) is 22.1 Å². The fourth-order valence-corrected chi connectivity index (χ4v) is 8.55. The first-order chi connectivity index (χ1) is 26.8. The van der Waals surface area contributed by atoms with Gasteiger partial charge in [0.2, 0.25) is 5.89 Å². The predicted molar refractivity (Wildman–Crippen MR) is 218 cm³/mol. The van der Waals surface area contributed by atoms with E-state index in [0.29, 0.717) is 11.7 Å². The summed E-state index contributed by atoms with van der Waals surface area (Å²) in [7, 11) is 0. The lowest BCUT2D eigenvalue weighted by atomic mass is 9.69. The first-order valence-electron chi connectivity index (χ1n) is 18.3. The molecule has 54 heavy (non-hydrogen) atoms. The Hall–Kier alpha value is -7.17. The van der Waals surface area contributed by atoms with Gasteiger partial charge in [-0.1, -0.05) is 158 Å². The molecule has 11 rings (SSSR count). The second-order valence-corrected chi connectivity index (χ2v) is 13.9. The van der Waals surface area contributed by atoms with Crippen molar-refractivity contribution in [3.05, 3.63) is 210 Å². The Bertz CT molecular complexity index is 3000. The van der Waals surface area contributed by atoms with Crippen LogP contribution in [0.4, 0.5) is 0 Å². The Labute approximate surface area is 312 Å². The van der Waals surface area contributed by atoms with Crippen LogP contribution < -0.4 is 0 Å². The Morgan fingerprint density at radius 1 is 0.444 bits per heavy atom. The average Bonchev–Trinajstić information content (AvgIpc) is 3.83. The summed E-state index contributed by atoms with van der Waals surface area (Å²) in [5, 5.41) is 4.29. The minimum atomic E-state index is -0.668. The molecular weight excluding hydrogens is 659 g/mol. The highest BCUT2D eigenvalue weighted by atomic mass is 16.3. The molecule has 8 aromatic carbocycles. The number of oxazole rings is 1. The van der Waals surface area contributed by atoms with Gasteiger partial charge in [0.15, 0.2) is 11.4 Å².